The van der Waals surface area contributed by atoms with Gasteiger partial charge in [0.05, 0.1) is 14.2 Å². The van der Waals surface area contributed by atoms with Crippen molar-refractivity contribution in [3.8, 4) is 17.2 Å². The Morgan fingerprint density at radius 2 is 1.64 bits per heavy atom. The molecule has 0 spiro atoms. The van der Waals surface area contributed by atoms with E-state index in [1.807, 2.05) is 0 Å². The van der Waals surface area contributed by atoms with Crippen LogP contribution < -0.4 is 13.7 Å². The van der Waals surface area contributed by atoms with Gasteiger partial charge in [-0.15, -0.1) is 0 Å². The van der Waals surface area contributed by atoms with E-state index >= 15 is 0 Å². The lowest BCUT2D eigenvalue weighted by atomic mass is 10.0. The molecule has 4 aromatic rings. The van der Waals surface area contributed by atoms with Crippen molar-refractivity contribution in [2.24, 2.45) is 0 Å². The van der Waals surface area contributed by atoms with E-state index in [1.165, 1.54) is 20.3 Å². The Bertz CT molecular complexity index is 1460. The highest BCUT2D eigenvalue weighted by atomic mass is 32.2. The molecule has 0 N–H and O–H groups in total. The molecule has 33 heavy (non-hydrogen) atoms. The summed E-state index contributed by atoms with van der Waals surface area (Å²) in [6.07, 6.45) is 3.59. The number of fused-ring (bicyclic) bond motifs is 2. The fourth-order valence-corrected chi connectivity index (χ4v) is 3.85. The second-order valence-electron chi connectivity index (χ2n) is 7.02. The molecule has 11 heteroatoms. The lowest BCUT2D eigenvalue weighted by molar-refractivity contribution is -0.0499. The van der Waals surface area contributed by atoms with Gasteiger partial charge in [-0.3, -0.25) is 4.98 Å². The Morgan fingerprint density at radius 3 is 2.33 bits per heavy atom. The van der Waals surface area contributed by atoms with Gasteiger partial charge in [0.2, 0.25) is 0 Å². The maximum absolute atomic E-state index is 12.8. The zero-order chi connectivity index (χ0) is 23.8. The van der Waals surface area contributed by atoms with E-state index < -0.39 is 21.4 Å². The number of halogens is 3. The van der Waals surface area contributed by atoms with Crippen LogP contribution in [0.1, 0.15) is 11.3 Å². The number of methoxy groups -OCH3 is 2. The second-order valence-corrected chi connectivity index (χ2v) is 8.56. The minimum atomic E-state index is -5.83. The van der Waals surface area contributed by atoms with Crippen LogP contribution in [-0.2, 0) is 16.5 Å². The first-order chi connectivity index (χ1) is 15.6. The van der Waals surface area contributed by atoms with E-state index in [9.17, 15) is 21.6 Å². The maximum Gasteiger partial charge on any atom is 0.534 e. The zero-order valence-corrected chi connectivity index (χ0v) is 18.2. The van der Waals surface area contributed by atoms with E-state index in [1.54, 1.807) is 42.7 Å². The molecule has 0 saturated heterocycles. The molecule has 2 aromatic carbocycles. The SMILES string of the molecule is COc1cc2cncc(Cc3ccc4cccc(OS(=O)(=O)C(F)(F)F)c4n3)c2cc1OC. The molecule has 0 saturated carbocycles. The summed E-state index contributed by atoms with van der Waals surface area (Å²) < 4.78 is 76.4. The van der Waals surface area contributed by atoms with Crippen molar-refractivity contribution in [3.63, 3.8) is 0 Å². The Morgan fingerprint density at radius 1 is 0.909 bits per heavy atom. The molecule has 0 fully saturated rings. The molecule has 0 unspecified atom stereocenters. The zero-order valence-electron chi connectivity index (χ0n) is 17.4. The van der Waals surface area contributed by atoms with Crippen molar-refractivity contribution in [2.75, 3.05) is 14.2 Å². The number of hydrogen-bond donors (Lipinski definition) is 0. The molecule has 4 rings (SSSR count). The minimum Gasteiger partial charge on any atom is -0.493 e. The highest BCUT2D eigenvalue weighted by molar-refractivity contribution is 7.88. The monoisotopic (exact) mass is 478 g/mol. The van der Waals surface area contributed by atoms with Gasteiger partial charge in [-0.05, 0) is 35.2 Å². The van der Waals surface area contributed by atoms with Gasteiger partial charge >= 0.3 is 15.6 Å². The van der Waals surface area contributed by atoms with Crippen molar-refractivity contribution >= 4 is 31.8 Å². The van der Waals surface area contributed by atoms with Crippen LogP contribution in [0, 0.1) is 0 Å². The molecular weight excluding hydrogens is 461 g/mol. The van der Waals surface area contributed by atoms with Crippen LogP contribution in [0.5, 0.6) is 17.2 Å². The molecule has 0 aliphatic carbocycles. The Kier molecular flexibility index (Phi) is 5.75. The molecule has 0 atom stereocenters. The summed E-state index contributed by atoms with van der Waals surface area (Å²) in [7, 11) is -2.79. The number of para-hydroxylation sites is 1. The number of benzene rings is 2. The first-order valence-corrected chi connectivity index (χ1v) is 10.9. The topological polar surface area (TPSA) is 87.6 Å². The largest absolute Gasteiger partial charge is 0.534 e. The number of pyridine rings is 2. The van der Waals surface area contributed by atoms with Crippen LogP contribution in [0.2, 0.25) is 0 Å². The van der Waals surface area contributed by atoms with Crippen LogP contribution in [-0.4, -0.2) is 38.1 Å². The van der Waals surface area contributed by atoms with Gasteiger partial charge < -0.3 is 13.7 Å². The normalized spacial score (nSPS) is 12.2. The molecule has 172 valence electrons. The maximum atomic E-state index is 12.8. The van der Waals surface area contributed by atoms with E-state index in [-0.39, 0.29) is 11.9 Å². The Labute approximate surface area is 186 Å². The van der Waals surface area contributed by atoms with Crippen LogP contribution >= 0.6 is 0 Å². The number of aromatic nitrogens is 2. The molecule has 2 heterocycles. The van der Waals surface area contributed by atoms with Gasteiger partial charge in [0.1, 0.15) is 5.52 Å². The Balaban J connectivity index is 1.77. The van der Waals surface area contributed by atoms with Gasteiger partial charge in [0.15, 0.2) is 17.2 Å². The standard InChI is InChI=1S/C22H17F3N2O5S/c1-30-19-9-15-12-26-11-14(17(15)10-20(19)31-2)8-16-7-6-13-4-3-5-18(21(13)27-16)32-33(28,29)22(23,24)25/h3-7,9-12H,8H2,1-2H3. The molecule has 2 aromatic heterocycles. The van der Waals surface area contributed by atoms with Crippen molar-refractivity contribution in [1.82, 2.24) is 9.97 Å². The average Bonchev–Trinajstić information content (AvgIpc) is 2.78. The summed E-state index contributed by atoms with van der Waals surface area (Å²) in [4.78, 5) is 8.62. The lowest BCUT2D eigenvalue weighted by Gasteiger charge is -2.13. The van der Waals surface area contributed by atoms with Gasteiger partial charge in [0.25, 0.3) is 0 Å². The van der Waals surface area contributed by atoms with E-state index in [4.69, 9.17) is 9.47 Å². The fourth-order valence-electron chi connectivity index (χ4n) is 3.38. The summed E-state index contributed by atoms with van der Waals surface area (Å²) in [5.41, 5.74) is -4.30. The van der Waals surface area contributed by atoms with E-state index in [2.05, 4.69) is 14.2 Å². The number of hydrogen-bond acceptors (Lipinski definition) is 7. The molecule has 0 bridgehead atoms. The number of ether oxygens (including phenoxy) is 2. The second kappa shape index (κ2) is 8.39. The first-order valence-electron chi connectivity index (χ1n) is 9.51. The van der Waals surface area contributed by atoms with Crippen LogP contribution in [0.25, 0.3) is 21.7 Å². The summed E-state index contributed by atoms with van der Waals surface area (Å²) in [5.74, 6) is 0.562. The van der Waals surface area contributed by atoms with Crippen LogP contribution in [0.15, 0.2) is 54.9 Å². The predicted octanol–water partition coefficient (Wildman–Crippen LogP) is 4.62. The third kappa shape index (κ3) is 4.36. The van der Waals surface area contributed by atoms with Gasteiger partial charge in [-0.2, -0.15) is 21.6 Å². The van der Waals surface area contributed by atoms with Crippen molar-refractivity contribution < 1.29 is 35.2 Å². The van der Waals surface area contributed by atoms with Gasteiger partial charge in [-0.25, -0.2) is 4.98 Å². The molecule has 7 nitrogen and oxygen atoms in total. The number of alkyl halides is 3. The third-order valence-electron chi connectivity index (χ3n) is 4.94. The highest BCUT2D eigenvalue weighted by Gasteiger charge is 2.48. The smallest absolute Gasteiger partial charge is 0.493 e. The van der Waals surface area contributed by atoms with Gasteiger partial charge in [-0.1, -0.05) is 18.2 Å². The first kappa shape index (κ1) is 22.6. The lowest BCUT2D eigenvalue weighted by Crippen LogP contribution is -2.28. The van der Waals surface area contributed by atoms with Crippen LogP contribution in [0.3, 0.4) is 0 Å². The minimum absolute atomic E-state index is 0.00438. The predicted molar refractivity (Wildman–Crippen MR) is 115 cm³/mol. The van der Waals surface area contributed by atoms with Crippen molar-refractivity contribution in [2.45, 2.75) is 11.9 Å². The van der Waals surface area contributed by atoms with Crippen LogP contribution in [0.4, 0.5) is 13.2 Å². The van der Waals surface area contributed by atoms with Gasteiger partial charge in [0, 0.05) is 35.3 Å². The Hall–Kier alpha value is -3.60. The summed E-state index contributed by atoms with van der Waals surface area (Å²) >= 11 is 0. The summed E-state index contributed by atoms with van der Waals surface area (Å²) in [5, 5.41) is 2.05. The summed E-state index contributed by atoms with van der Waals surface area (Å²) in [6, 6.07) is 11.0. The van der Waals surface area contributed by atoms with Crippen molar-refractivity contribution in [3.05, 3.63) is 66.1 Å². The van der Waals surface area contributed by atoms with Crippen molar-refractivity contribution in [1.29, 1.82) is 0 Å². The fraction of sp³-hybridized carbons (Fsp3) is 0.182. The highest BCUT2D eigenvalue weighted by Crippen LogP contribution is 2.34. The van der Waals surface area contributed by atoms with E-state index in [0.717, 1.165) is 22.4 Å². The average molecular weight is 478 g/mol. The number of rotatable bonds is 6. The molecule has 0 aliphatic rings. The quantitative estimate of drug-likeness (QED) is 0.295. The summed E-state index contributed by atoms with van der Waals surface area (Å²) in [6.45, 7) is 0. The third-order valence-corrected chi connectivity index (χ3v) is 5.91. The molecule has 0 amide bonds. The molecule has 0 radical (unpaired) electrons. The number of nitrogens with zero attached hydrogens (tertiary/aromatic N) is 2. The van der Waals surface area contributed by atoms with E-state index in [0.29, 0.717) is 22.6 Å². The molecular formula is C22H17F3N2O5S. The molecule has 0 aliphatic heterocycles.